The van der Waals surface area contributed by atoms with Gasteiger partial charge in [0, 0.05) is 6.54 Å². The van der Waals surface area contributed by atoms with Crippen molar-refractivity contribution in [1.82, 2.24) is 10.9 Å². The highest BCUT2D eigenvalue weighted by Gasteiger charge is 2.46. The fourth-order valence-corrected chi connectivity index (χ4v) is 2.17. The molecule has 0 spiro atoms. The Labute approximate surface area is 144 Å². The summed E-state index contributed by atoms with van der Waals surface area (Å²) in [5, 5.41) is 58.8. The maximum atomic E-state index is 9.99. The molecule has 0 aromatic rings. The van der Waals surface area contributed by atoms with E-state index in [1.807, 2.05) is 0 Å². The molecule has 1 rings (SSSR count). The Kier molecular flexibility index (Phi) is 9.54. The fraction of sp³-hybridized carbons (Fsp3) is 1.00. The van der Waals surface area contributed by atoms with Gasteiger partial charge in [0.2, 0.25) is 0 Å². The molecule has 13 nitrogen and oxygen atoms in total. The number of hydrazine groups is 2. The van der Waals surface area contributed by atoms with Crippen LogP contribution in [-0.4, -0.2) is 99.2 Å². The quantitative estimate of drug-likeness (QED) is 0.0980. The molecule has 0 aromatic carbocycles. The lowest BCUT2D eigenvalue weighted by atomic mass is 9.99. The van der Waals surface area contributed by atoms with Crippen LogP contribution in [0.25, 0.3) is 0 Å². The summed E-state index contributed by atoms with van der Waals surface area (Å²) in [6.07, 6.45) is -13.4. The van der Waals surface area contributed by atoms with Gasteiger partial charge in [0.05, 0.1) is 12.6 Å². The van der Waals surface area contributed by atoms with Crippen molar-refractivity contribution in [3.05, 3.63) is 0 Å². The van der Waals surface area contributed by atoms with Gasteiger partial charge in [-0.3, -0.25) is 22.5 Å². The van der Waals surface area contributed by atoms with E-state index in [-0.39, 0.29) is 13.1 Å². The summed E-state index contributed by atoms with van der Waals surface area (Å²) in [4.78, 5) is 0. The van der Waals surface area contributed by atoms with Crippen LogP contribution in [0, 0.1) is 0 Å². The Hall–Kier alpha value is -0.520. The molecule has 0 amide bonds. The first-order chi connectivity index (χ1) is 11.7. The lowest BCUT2D eigenvalue weighted by Crippen LogP contribution is -2.62. The minimum atomic E-state index is -1.69. The molecule has 0 radical (unpaired) electrons. The van der Waals surface area contributed by atoms with Gasteiger partial charge < -0.3 is 44.8 Å². The van der Waals surface area contributed by atoms with Crippen molar-refractivity contribution in [2.24, 2.45) is 11.7 Å². The summed E-state index contributed by atoms with van der Waals surface area (Å²) >= 11 is 0. The van der Waals surface area contributed by atoms with Crippen LogP contribution >= 0.6 is 0 Å². The van der Waals surface area contributed by atoms with Gasteiger partial charge in [0.1, 0.15) is 30.5 Å². The highest BCUT2D eigenvalue weighted by Crippen LogP contribution is 2.24. The van der Waals surface area contributed by atoms with Crippen molar-refractivity contribution < 1.29 is 44.8 Å². The van der Waals surface area contributed by atoms with Crippen LogP contribution < -0.4 is 22.5 Å². The van der Waals surface area contributed by atoms with Gasteiger partial charge in [0.25, 0.3) is 0 Å². The summed E-state index contributed by atoms with van der Waals surface area (Å²) in [7, 11) is 0. The first kappa shape index (κ1) is 22.5. The largest absolute Gasteiger partial charge is 0.391 e. The lowest BCUT2D eigenvalue weighted by Gasteiger charge is -2.42. The van der Waals surface area contributed by atoms with Gasteiger partial charge in [-0.15, -0.1) is 0 Å². The van der Waals surface area contributed by atoms with Crippen molar-refractivity contribution >= 4 is 0 Å². The second-order valence-corrected chi connectivity index (χ2v) is 5.66. The van der Waals surface area contributed by atoms with Crippen molar-refractivity contribution in [2.75, 3.05) is 13.1 Å². The Morgan fingerprint density at radius 3 is 2.20 bits per heavy atom. The van der Waals surface area contributed by atoms with E-state index in [9.17, 15) is 30.6 Å². The molecule has 5 unspecified atom stereocenters. The number of hydrogen-bond acceptors (Lipinski definition) is 13. The van der Waals surface area contributed by atoms with Gasteiger partial charge in [0.15, 0.2) is 18.9 Å². The zero-order valence-electron chi connectivity index (χ0n) is 13.7. The molecule has 0 aliphatic carbocycles. The van der Waals surface area contributed by atoms with Crippen LogP contribution in [0.4, 0.5) is 0 Å². The minimum absolute atomic E-state index is 0.0744. The van der Waals surface area contributed by atoms with E-state index >= 15 is 0 Å². The third-order valence-corrected chi connectivity index (χ3v) is 3.61. The molecule has 150 valence electrons. The highest BCUT2D eigenvalue weighted by atomic mass is 16.8. The van der Waals surface area contributed by atoms with Gasteiger partial charge in [-0.1, -0.05) is 0 Å². The predicted octanol–water partition coefficient (Wildman–Crippen LogP) is -5.86. The normalized spacial score (nSPS) is 35.2. The lowest BCUT2D eigenvalue weighted by molar-refractivity contribution is -0.363. The maximum absolute atomic E-state index is 9.99. The van der Waals surface area contributed by atoms with Gasteiger partial charge in [-0.05, 0) is 6.92 Å². The number of nitrogens with two attached hydrogens (primary N) is 2. The number of nitrogens with one attached hydrogen (secondary N) is 2. The minimum Gasteiger partial charge on any atom is -0.391 e. The third kappa shape index (κ3) is 6.30. The number of ether oxygens (including phenoxy) is 3. The van der Waals surface area contributed by atoms with Crippen LogP contribution in [0.3, 0.4) is 0 Å². The zero-order valence-corrected chi connectivity index (χ0v) is 13.7. The summed E-state index contributed by atoms with van der Waals surface area (Å²) in [5.41, 5.74) is 4.39. The van der Waals surface area contributed by atoms with Gasteiger partial charge in [-0.2, -0.15) is 0 Å². The van der Waals surface area contributed by atoms with E-state index in [1.54, 1.807) is 0 Å². The summed E-state index contributed by atoms with van der Waals surface area (Å²) in [6, 6.07) is 0. The van der Waals surface area contributed by atoms with E-state index in [0.29, 0.717) is 0 Å². The monoisotopic (exact) mass is 372 g/mol. The summed E-state index contributed by atoms with van der Waals surface area (Å²) < 4.78 is 15.6. The first-order valence-corrected chi connectivity index (χ1v) is 7.64. The third-order valence-electron chi connectivity index (χ3n) is 3.61. The molecule has 1 aliphatic heterocycles. The van der Waals surface area contributed by atoms with Crippen LogP contribution in [0.5, 0.6) is 0 Å². The number of rotatable bonds is 10. The molecule has 0 saturated carbocycles. The molecule has 1 heterocycles. The standard InChI is InChI=1S/C12H28N4O9/c1-4(17)7(19)11(24-6(18)3-16-14)25-12-10(22)9(21)8(20)5(23-12)2-15-13/h4-12,15-22H,2-3,13-14H2,1H3/t4-,5?,6?,7?,8-,9?,10?,11-,12-/m1/s1. The second kappa shape index (κ2) is 10.6. The van der Waals surface area contributed by atoms with E-state index < -0.39 is 55.5 Å². The van der Waals surface area contributed by atoms with E-state index in [1.165, 1.54) is 6.92 Å². The fourth-order valence-electron chi connectivity index (χ4n) is 2.17. The molecule has 0 aromatic heterocycles. The van der Waals surface area contributed by atoms with Crippen LogP contribution in [0.15, 0.2) is 0 Å². The van der Waals surface area contributed by atoms with Crippen LogP contribution in [-0.2, 0) is 14.2 Å². The molecule has 1 fully saturated rings. The first-order valence-electron chi connectivity index (χ1n) is 7.64. The second-order valence-electron chi connectivity index (χ2n) is 5.66. The number of hydrogen-bond donors (Lipinski definition) is 10. The Morgan fingerprint density at radius 1 is 1.04 bits per heavy atom. The molecule has 25 heavy (non-hydrogen) atoms. The SMILES string of the molecule is C[C@@H](O)C(O)[C@H](OC(O)CNN)O[C@H]1OC(CNN)[C@@H](O)C(O)C1O. The van der Waals surface area contributed by atoms with Crippen molar-refractivity contribution in [1.29, 1.82) is 0 Å². The average Bonchev–Trinajstić information content (AvgIpc) is 2.56. The number of aliphatic hydroxyl groups is 6. The zero-order chi connectivity index (χ0) is 19.1. The Morgan fingerprint density at radius 2 is 1.68 bits per heavy atom. The molecular formula is C12H28N4O9. The Balaban J connectivity index is 2.85. The topological polar surface area (TPSA) is 225 Å². The van der Waals surface area contributed by atoms with Gasteiger partial charge in [-0.25, -0.2) is 0 Å². The van der Waals surface area contributed by atoms with Gasteiger partial charge >= 0.3 is 0 Å². The van der Waals surface area contributed by atoms with E-state index in [2.05, 4.69) is 10.9 Å². The summed E-state index contributed by atoms with van der Waals surface area (Å²) in [5.74, 6) is 10.2. The van der Waals surface area contributed by atoms with Crippen LogP contribution in [0.2, 0.25) is 0 Å². The average molecular weight is 372 g/mol. The molecule has 12 N–H and O–H groups in total. The molecule has 1 saturated heterocycles. The van der Waals surface area contributed by atoms with Crippen LogP contribution in [0.1, 0.15) is 6.92 Å². The predicted molar refractivity (Wildman–Crippen MR) is 80.7 cm³/mol. The van der Waals surface area contributed by atoms with E-state index in [0.717, 1.165) is 0 Å². The maximum Gasteiger partial charge on any atom is 0.192 e. The van der Waals surface area contributed by atoms with Crippen molar-refractivity contribution in [3.8, 4) is 0 Å². The number of aliphatic hydroxyl groups excluding tert-OH is 6. The molecule has 0 bridgehead atoms. The molecule has 13 heteroatoms. The molecule has 9 atom stereocenters. The molecular weight excluding hydrogens is 344 g/mol. The van der Waals surface area contributed by atoms with Crippen molar-refractivity contribution in [3.63, 3.8) is 0 Å². The van der Waals surface area contributed by atoms with E-state index in [4.69, 9.17) is 25.9 Å². The Bertz CT molecular complexity index is 380. The highest BCUT2D eigenvalue weighted by molar-refractivity contribution is 4.90. The summed E-state index contributed by atoms with van der Waals surface area (Å²) in [6.45, 7) is 0.951. The van der Waals surface area contributed by atoms with Crippen molar-refractivity contribution in [2.45, 2.75) is 62.4 Å². The smallest absolute Gasteiger partial charge is 0.192 e. The molecule has 1 aliphatic rings.